The highest BCUT2D eigenvalue weighted by Gasteiger charge is 2.07. The van der Waals surface area contributed by atoms with E-state index in [0.29, 0.717) is 6.42 Å². The molecule has 1 rings (SSSR count). The van der Waals surface area contributed by atoms with Crippen LogP contribution in [0.15, 0.2) is 23.8 Å². The van der Waals surface area contributed by atoms with E-state index in [9.17, 15) is 8.42 Å². The van der Waals surface area contributed by atoms with Gasteiger partial charge < -0.3 is 0 Å². The molecule has 0 radical (unpaired) electrons. The molecule has 0 saturated heterocycles. The maximum absolute atomic E-state index is 10.6. The van der Waals surface area contributed by atoms with Crippen molar-refractivity contribution in [3.05, 3.63) is 23.8 Å². The molecule has 0 bridgehead atoms. The van der Waals surface area contributed by atoms with Crippen LogP contribution in [0.2, 0.25) is 0 Å². The minimum absolute atomic E-state index is 0.0498. The Bertz CT molecular complexity index is 301. The van der Waals surface area contributed by atoms with Crippen molar-refractivity contribution in [2.24, 2.45) is 0 Å². The molecule has 0 N–H and O–H groups in total. The fourth-order valence-corrected chi connectivity index (χ4v) is 1.84. The summed E-state index contributed by atoms with van der Waals surface area (Å²) in [7, 11) is 1.76. The van der Waals surface area contributed by atoms with E-state index in [1.165, 1.54) is 5.57 Å². The Balaban J connectivity index is 2.38. The summed E-state index contributed by atoms with van der Waals surface area (Å²) >= 11 is 0. The minimum atomic E-state index is -3.32. The topological polar surface area (TPSA) is 34.1 Å². The molecule has 0 amide bonds. The van der Waals surface area contributed by atoms with E-state index in [2.05, 4.69) is 18.2 Å². The Morgan fingerprint density at radius 1 is 1.42 bits per heavy atom. The summed E-state index contributed by atoms with van der Waals surface area (Å²) in [6, 6.07) is 0. The lowest BCUT2D eigenvalue weighted by Crippen LogP contribution is -1.99. The molecular weight excluding hydrogens is 196 g/mol. The van der Waals surface area contributed by atoms with E-state index in [0.717, 1.165) is 12.8 Å². The molecule has 4 heteroatoms. The summed E-state index contributed by atoms with van der Waals surface area (Å²) < 4.78 is 21.2. The lowest BCUT2D eigenvalue weighted by atomic mass is 10.0. The van der Waals surface area contributed by atoms with Gasteiger partial charge in [0.25, 0.3) is 0 Å². The van der Waals surface area contributed by atoms with Gasteiger partial charge in [-0.05, 0) is 19.3 Å². The molecular formula is C8H11ClO2S. The maximum atomic E-state index is 10.6. The number of rotatable bonds is 3. The summed E-state index contributed by atoms with van der Waals surface area (Å²) in [5, 5.41) is 0. The van der Waals surface area contributed by atoms with Crippen LogP contribution in [0.25, 0.3) is 0 Å². The van der Waals surface area contributed by atoms with Crippen LogP contribution in [0.4, 0.5) is 0 Å². The average molecular weight is 207 g/mol. The van der Waals surface area contributed by atoms with Gasteiger partial charge in [0.2, 0.25) is 9.05 Å². The fraction of sp³-hybridized carbons (Fsp3) is 0.500. The van der Waals surface area contributed by atoms with Gasteiger partial charge in [-0.2, -0.15) is 0 Å². The Morgan fingerprint density at radius 2 is 2.17 bits per heavy atom. The van der Waals surface area contributed by atoms with E-state index in [4.69, 9.17) is 10.7 Å². The van der Waals surface area contributed by atoms with Gasteiger partial charge in [0, 0.05) is 10.7 Å². The largest absolute Gasteiger partial charge is 0.232 e. The minimum Gasteiger partial charge on any atom is -0.212 e. The normalized spacial score (nSPS) is 17.6. The number of allylic oxidation sites excluding steroid dienone is 4. The Labute approximate surface area is 77.3 Å². The van der Waals surface area contributed by atoms with Crippen molar-refractivity contribution in [2.75, 3.05) is 5.75 Å². The van der Waals surface area contributed by atoms with Crippen LogP contribution < -0.4 is 0 Å². The highest BCUT2D eigenvalue weighted by molar-refractivity contribution is 8.13. The van der Waals surface area contributed by atoms with Gasteiger partial charge in [-0.25, -0.2) is 8.42 Å². The molecule has 0 atom stereocenters. The third kappa shape index (κ3) is 3.93. The number of halogens is 1. The van der Waals surface area contributed by atoms with E-state index in [1.54, 1.807) is 0 Å². The molecule has 0 unspecified atom stereocenters. The molecule has 0 spiro atoms. The van der Waals surface area contributed by atoms with E-state index in [1.807, 2.05) is 0 Å². The molecule has 1 aliphatic rings. The van der Waals surface area contributed by atoms with Gasteiger partial charge in [0.1, 0.15) is 0 Å². The first kappa shape index (κ1) is 9.81. The molecule has 2 nitrogen and oxygen atoms in total. The molecule has 0 aromatic carbocycles. The summed E-state index contributed by atoms with van der Waals surface area (Å²) in [6.07, 6.45) is 8.52. The van der Waals surface area contributed by atoms with Crippen molar-refractivity contribution in [1.29, 1.82) is 0 Å². The predicted octanol–water partition coefficient (Wildman–Crippen LogP) is 2.22. The molecule has 0 aromatic heterocycles. The second-order valence-corrected chi connectivity index (χ2v) is 5.66. The SMILES string of the molecule is O=S(=O)(Cl)CCC1=CCC=CC1. The molecule has 0 saturated carbocycles. The molecule has 1 aliphatic carbocycles. The van der Waals surface area contributed by atoms with Gasteiger partial charge in [0.15, 0.2) is 0 Å². The van der Waals surface area contributed by atoms with Gasteiger partial charge in [-0.3, -0.25) is 0 Å². The predicted molar refractivity (Wildman–Crippen MR) is 50.7 cm³/mol. The van der Waals surface area contributed by atoms with Crippen LogP contribution in [-0.4, -0.2) is 14.2 Å². The van der Waals surface area contributed by atoms with E-state index < -0.39 is 9.05 Å². The van der Waals surface area contributed by atoms with Crippen LogP contribution in [0.5, 0.6) is 0 Å². The molecule has 0 heterocycles. The smallest absolute Gasteiger partial charge is 0.212 e. The van der Waals surface area contributed by atoms with Crippen molar-refractivity contribution in [3.63, 3.8) is 0 Å². The highest BCUT2D eigenvalue weighted by atomic mass is 35.7. The van der Waals surface area contributed by atoms with Crippen molar-refractivity contribution >= 4 is 19.7 Å². The maximum Gasteiger partial charge on any atom is 0.232 e. The molecule has 0 fully saturated rings. The Hall–Kier alpha value is -0.280. The van der Waals surface area contributed by atoms with Crippen molar-refractivity contribution in [1.82, 2.24) is 0 Å². The average Bonchev–Trinajstić information content (AvgIpc) is 2.02. The van der Waals surface area contributed by atoms with Crippen LogP contribution in [0, 0.1) is 0 Å². The standard InChI is InChI=1S/C8H11ClO2S/c9-12(10,11)7-6-8-4-2-1-3-5-8/h1-2,5H,3-4,6-7H2. The quantitative estimate of drug-likeness (QED) is 0.524. The Morgan fingerprint density at radius 3 is 2.67 bits per heavy atom. The van der Waals surface area contributed by atoms with Crippen molar-refractivity contribution in [3.8, 4) is 0 Å². The Kier molecular flexibility index (Phi) is 3.35. The van der Waals surface area contributed by atoms with Crippen LogP contribution in [0.1, 0.15) is 19.3 Å². The third-order valence-electron chi connectivity index (χ3n) is 1.76. The van der Waals surface area contributed by atoms with Gasteiger partial charge >= 0.3 is 0 Å². The first-order chi connectivity index (χ1) is 5.58. The lowest BCUT2D eigenvalue weighted by molar-refractivity contribution is 0.608. The highest BCUT2D eigenvalue weighted by Crippen LogP contribution is 2.16. The van der Waals surface area contributed by atoms with Gasteiger partial charge in [-0.1, -0.05) is 23.8 Å². The van der Waals surface area contributed by atoms with Crippen LogP contribution in [-0.2, 0) is 9.05 Å². The first-order valence-electron chi connectivity index (χ1n) is 3.83. The van der Waals surface area contributed by atoms with Crippen molar-refractivity contribution in [2.45, 2.75) is 19.3 Å². The van der Waals surface area contributed by atoms with Gasteiger partial charge in [0.05, 0.1) is 5.75 Å². The monoisotopic (exact) mass is 206 g/mol. The second kappa shape index (κ2) is 4.10. The summed E-state index contributed by atoms with van der Waals surface area (Å²) in [5.74, 6) is 0.0498. The summed E-state index contributed by atoms with van der Waals surface area (Å²) in [5.41, 5.74) is 1.17. The number of hydrogen-bond acceptors (Lipinski definition) is 2. The molecule has 12 heavy (non-hydrogen) atoms. The molecule has 0 aliphatic heterocycles. The van der Waals surface area contributed by atoms with E-state index >= 15 is 0 Å². The summed E-state index contributed by atoms with van der Waals surface area (Å²) in [6.45, 7) is 0. The zero-order valence-corrected chi connectivity index (χ0v) is 8.24. The number of hydrogen-bond donors (Lipinski definition) is 0. The fourth-order valence-electron chi connectivity index (χ4n) is 1.11. The zero-order chi connectivity index (χ0) is 9.03. The van der Waals surface area contributed by atoms with Crippen LogP contribution in [0.3, 0.4) is 0 Å². The van der Waals surface area contributed by atoms with Crippen molar-refractivity contribution < 1.29 is 8.42 Å². The summed E-state index contributed by atoms with van der Waals surface area (Å²) in [4.78, 5) is 0. The lowest BCUT2D eigenvalue weighted by Gasteiger charge is -2.05. The zero-order valence-electron chi connectivity index (χ0n) is 6.66. The van der Waals surface area contributed by atoms with Gasteiger partial charge in [-0.15, -0.1) is 0 Å². The first-order valence-corrected chi connectivity index (χ1v) is 6.31. The second-order valence-electron chi connectivity index (χ2n) is 2.77. The molecule has 68 valence electrons. The molecule has 0 aromatic rings. The van der Waals surface area contributed by atoms with E-state index in [-0.39, 0.29) is 5.75 Å². The third-order valence-corrected chi connectivity index (χ3v) is 2.91. The van der Waals surface area contributed by atoms with Crippen LogP contribution >= 0.6 is 10.7 Å².